The number of carbonyl (C=O) groups is 1. The molecule has 2 aromatic carbocycles. The minimum absolute atomic E-state index is 0.0380. The van der Waals surface area contributed by atoms with Gasteiger partial charge in [0, 0.05) is 16.6 Å². The fourth-order valence-electron chi connectivity index (χ4n) is 3.80. The summed E-state index contributed by atoms with van der Waals surface area (Å²) in [5.74, 6) is 0.783. The number of aromatic nitrogens is 1. The number of ketones is 1. The predicted molar refractivity (Wildman–Crippen MR) is 107 cm³/mol. The van der Waals surface area contributed by atoms with E-state index < -0.39 is 0 Å². The van der Waals surface area contributed by atoms with Crippen LogP contribution in [0.2, 0.25) is 0 Å². The van der Waals surface area contributed by atoms with Crippen molar-refractivity contribution in [1.82, 2.24) is 4.68 Å². The maximum Gasteiger partial charge on any atom is 0.195 e. The van der Waals surface area contributed by atoms with Gasteiger partial charge in [-0.1, -0.05) is 12.1 Å². The molecule has 0 atom stereocenters. The number of nitrogens with zero attached hydrogens (tertiary/aromatic N) is 2. The maximum atomic E-state index is 13.4. The number of fused-ring (bicyclic) bond motifs is 1. The van der Waals surface area contributed by atoms with Gasteiger partial charge in [0.15, 0.2) is 5.78 Å². The normalized spacial score (nSPS) is 14.6. The summed E-state index contributed by atoms with van der Waals surface area (Å²) in [6.07, 6.45) is 0. The van der Waals surface area contributed by atoms with Crippen molar-refractivity contribution >= 4 is 16.7 Å². The molecule has 5 nitrogen and oxygen atoms in total. The van der Waals surface area contributed by atoms with Crippen molar-refractivity contribution in [2.45, 2.75) is 13.8 Å². The second-order valence-electron chi connectivity index (χ2n) is 6.92. The summed E-state index contributed by atoms with van der Waals surface area (Å²) in [6, 6.07) is 13.6. The smallest absolute Gasteiger partial charge is 0.195 e. The van der Waals surface area contributed by atoms with Gasteiger partial charge in [-0.3, -0.25) is 9.47 Å². The number of methoxy groups -OCH3 is 1. The molecule has 0 saturated carbocycles. The summed E-state index contributed by atoms with van der Waals surface area (Å²) in [5, 5.41) is 3.26. The molecule has 140 valence electrons. The fraction of sp³-hybridized carbons (Fsp3) is 0.318. The number of benzene rings is 2. The molecule has 0 radical (unpaired) electrons. The molecular weight excluding hydrogens is 340 g/mol. The number of morpholine rings is 1. The number of hydrogen-bond acceptors (Lipinski definition) is 4. The second kappa shape index (κ2) is 7.08. The Balaban J connectivity index is 1.86. The SMILES string of the molecule is COc1ccc(C(=O)c2c(C)n(N3CCOCC3)c3cc(C)ccc23)cc1. The van der Waals surface area contributed by atoms with Crippen LogP contribution in [0.4, 0.5) is 0 Å². The van der Waals surface area contributed by atoms with Gasteiger partial charge < -0.3 is 14.5 Å². The molecule has 27 heavy (non-hydrogen) atoms. The van der Waals surface area contributed by atoms with E-state index in [1.54, 1.807) is 7.11 Å². The third-order valence-corrected chi connectivity index (χ3v) is 5.18. The molecule has 1 fully saturated rings. The topological polar surface area (TPSA) is 43.7 Å². The molecule has 1 aliphatic rings. The molecule has 0 amide bonds. The highest BCUT2D eigenvalue weighted by atomic mass is 16.5. The molecule has 1 aromatic heterocycles. The van der Waals surface area contributed by atoms with Gasteiger partial charge in [-0.25, -0.2) is 0 Å². The van der Waals surface area contributed by atoms with Gasteiger partial charge >= 0.3 is 0 Å². The van der Waals surface area contributed by atoms with Crippen molar-refractivity contribution in [3.05, 3.63) is 64.8 Å². The van der Waals surface area contributed by atoms with Crippen molar-refractivity contribution in [2.24, 2.45) is 0 Å². The van der Waals surface area contributed by atoms with Crippen molar-refractivity contribution in [1.29, 1.82) is 0 Å². The lowest BCUT2D eigenvalue weighted by molar-refractivity contribution is 0.103. The Kier molecular flexibility index (Phi) is 4.62. The van der Waals surface area contributed by atoms with Crippen LogP contribution in [0.15, 0.2) is 42.5 Å². The summed E-state index contributed by atoms with van der Waals surface area (Å²) in [6.45, 7) is 7.14. The van der Waals surface area contributed by atoms with Gasteiger partial charge in [0.25, 0.3) is 0 Å². The Hall–Kier alpha value is -2.79. The van der Waals surface area contributed by atoms with Gasteiger partial charge in [-0.05, 0) is 49.7 Å². The van der Waals surface area contributed by atoms with Crippen LogP contribution in [-0.2, 0) is 4.74 Å². The summed E-state index contributed by atoms with van der Waals surface area (Å²) in [7, 11) is 1.62. The molecule has 4 rings (SSSR count). The van der Waals surface area contributed by atoms with Gasteiger partial charge in [-0.2, -0.15) is 0 Å². The van der Waals surface area contributed by atoms with Crippen LogP contribution in [0, 0.1) is 13.8 Å². The minimum Gasteiger partial charge on any atom is -0.497 e. The summed E-state index contributed by atoms with van der Waals surface area (Å²) in [4.78, 5) is 13.4. The van der Waals surface area contributed by atoms with E-state index in [0.717, 1.165) is 41.0 Å². The lowest BCUT2D eigenvalue weighted by Crippen LogP contribution is -2.44. The minimum atomic E-state index is 0.0380. The monoisotopic (exact) mass is 364 g/mol. The van der Waals surface area contributed by atoms with Gasteiger partial charge in [0.2, 0.25) is 0 Å². The molecule has 1 saturated heterocycles. The first-order valence-corrected chi connectivity index (χ1v) is 9.23. The van der Waals surface area contributed by atoms with E-state index in [0.29, 0.717) is 18.8 Å². The molecule has 0 aliphatic carbocycles. The first-order valence-electron chi connectivity index (χ1n) is 9.23. The molecule has 0 N–H and O–H groups in total. The standard InChI is InChI=1S/C22H24N2O3/c1-15-4-9-19-20(14-15)24(23-10-12-27-13-11-23)16(2)21(19)22(25)17-5-7-18(26-3)8-6-17/h4-9,14H,10-13H2,1-3H3. The summed E-state index contributed by atoms with van der Waals surface area (Å²) in [5.41, 5.74) is 4.66. The molecule has 2 heterocycles. The third-order valence-electron chi connectivity index (χ3n) is 5.18. The highest BCUT2D eigenvalue weighted by Crippen LogP contribution is 2.30. The van der Waals surface area contributed by atoms with Crippen LogP contribution in [0.1, 0.15) is 27.2 Å². The average molecular weight is 364 g/mol. The maximum absolute atomic E-state index is 13.4. The predicted octanol–water partition coefficient (Wildman–Crippen LogP) is 3.47. The zero-order valence-electron chi connectivity index (χ0n) is 16.0. The molecule has 5 heteroatoms. The average Bonchev–Trinajstić information content (AvgIpc) is 2.99. The van der Waals surface area contributed by atoms with Crippen LogP contribution >= 0.6 is 0 Å². The first kappa shape index (κ1) is 17.6. The first-order chi connectivity index (χ1) is 13.1. The largest absolute Gasteiger partial charge is 0.497 e. The van der Waals surface area contributed by atoms with Crippen LogP contribution < -0.4 is 9.75 Å². The summed E-state index contributed by atoms with van der Waals surface area (Å²) >= 11 is 0. The van der Waals surface area contributed by atoms with E-state index >= 15 is 0 Å². The Morgan fingerprint density at radius 1 is 1.04 bits per heavy atom. The Morgan fingerprint density at radius 2 is 1.74 bits per heavy atom. The van der Waals surface area contributed by atoms with E-state index in [1.165, 1.54) is 5.56 Å². The van der Waals surface area contributed by atoms with E-state index in [-0.39, 0.29) is 5.78 Å². The van der Waals surface area contributed by atoms with Gasteiger partial charge in [0.1, 0.15) is 5.75 Å². The molecule has 3 aromatic rings. The van der Waals surface area contributed by atoms with Crippen molar-refractivity contribution in [3.8, 4) is 5.75 Å². The zero-order valence-corrected chi connectivity index (χ0v) is 16.0. The lowest BCUT2D eigenvalue weighted by Gasteiger charge is -2.31. The zero-order chi connectivity index (χ0) is 19.0. The number of carbonyl (C=O) groups excluding carboxylic acids is 1. The molecule has 0 unspecified atom stereocenters. The number of aryl methyl sites for hydroxylation is 1. The quantitative estimate of drug-likeness (QED) is 0.665. The van der Waals surface area contributed by atoms with Crippen molar-refractivity contribution in [3.63, 3.8) is 0 Å². The van der Waals surface area contributed by atoms with E-state index in [9.17, 15) is 4.79 Å². The van der Waals surface area contributed by atoms with E-state index in [4.69, 9.17) is 9.47 Å². The fourth-order valence-corrected chi connectivity index (χ4v) is 3.80. The number of hydrogen-bond donors (Lipinski definition) is 0. The Bertz CT molecular complexity index is 983. The molecular formula is C22H24N2O3. The van der Waals surface area contributed by atoms with E-state index in [1.807, 2.05) is 31.2 Å². The number of rotatable bonds is 4. The molecule has 0 spiro atoms. The Morgan fingerprint density at radius 3 is 2.41 bits per heavy atom. The van der Waals surface area contributed by atoms with Crippen molar-refractivity contribution in [2.75, 3.05) is 38.4 Å². The summed E-state index contributed by atoms with van der Waals surface area (Å²) < 4.78 is 12.9. The van der Waals surface area contributed by atoms with Crippen LogP contribution in [0.25, 0.3) is 10.9 Å². The van der Waals surface area contributed by atoms with Crippen LogP contribution in [0.5, 0.6) is 5.75 Å². The Labute approximate surface area is 159 Å². The molecule has 0 bridgehead atoms. The van der Waals surface area contributed by atoms with Gasteiger partial charge in [-0.15, -0.1) is 0 Å². The molecule has 1 aliphatic heterocycles. The van der Waals surface area contributed by atoms with Crippen molar-refractivity contribution < 1.29 is 14.3 Å². The lowest BCUT2D eigenvalue weighted by atomic mass is 10.00. The van der Waals surface area contributed by atoms with Gasteiger partial charge in [0.05, 0.1) is 44.5 Å². The highest BCUT2D eigenvalue weighted by molar-refractivity contribution is 6.17. The van der Waals surface area contributed by atoms with Crippen LogP contribution in [0.3, 0.4) is 0 Å². The second-order valence-corrected chi connectivity index (χ2v) is 6.92. The third kappa shape index (κ3) is 3.08. The number of ether oxygens (including phenoxy) is 2. The highest BCUT2D eigenvalue weighted by Gasteiger charge is 2.24. The van der Waals surface area contributed by atoms with E-state index in [2.05, 4.69) is 34.8 Å². The van der Waals surface area contributed by atoms with Crippen LogP contribution in [-0.4, -0.2) is 43.9 Å².